The molecule has 6 aliphatic rings. The number of benzene rings is 5. The van der Waals surface area contributed by atoms with Crippen molar-refractivity contribution in [2.75, 3.05) is 11.5 Å². The number of phenolic OH excluding ortho intramolecular Hbond substituents is 2. The van der Waals surface area contributed by atoms with E-state index in [1.54, 1.807) is 71.2 Å². The molecule has 4 bridgehead atoms. The summed E-state index contributed by atoms with van der Waals surface area (Å²) in [4.78, 5) is 62.9. The molecule has 2 heterocycles. The van der Waals surface area contributed by atoms with E-state index in [0.29, 0.717) is 47.3 Å². The van der Waals surface area contributed by atoms with Gasteiger partial charge < -0.3 is 48.3 Å². The number of aromatic hydroxyl groups is 2. The lowest BCUT2D eigenvalue weighted by atomic mass is 9.48. The number of alkyl halides is 6. The first kappa shape index (κ1) is 98.9. The van der Waals surface area contributed by atoms with E-state index in [9.17, 15) is 81.4 Å². The second kappa shape index (κ2) is 39.7. The van der Waals surface area contributed by atoms with Crippen LogP contribution in [0.25, 0.3) is 25.1 Å². The molecular formula is C86H115F6I2NO18S3. The molecule has 12 rings (SSSR count). The monoisotopic (exact) mass is 1910 g/mol. The molecule has 6 fully saturated rings. The highest BCUT2D eigenvalue weighted by atomic mass is 127. The van der Waals surface area contributed by atoms with Gasteiger partial charge in [0.1, 0.15) is 34.4 Å². The number of quaternary nitrogens is 1. The van der Waals surface area contributed by atoms with E-state index in [4.69, 9.17) is 19.3 Å². The number of fused-ring (bicyclic) bond motifs is 3. The number of thiophene rings is 1. The van der Waals surface area contributed by atoms with Gasteiger partial charge in [-0.2, -0.15) is 26.3 Å². The second-order valence-corrected chi connectivity index (χ2v) is 42.4. The fraction of sp³-hybridized carbons (Fsp3) is 0.593. The van der Waals surface area contributed by atoms with E-state index >= 15 is 0 Å². The average Bonchev–Trinajstić information content (AvgIpc) is 0.907. The zero-order chi connectivity index (χ0) is 87.4. The van der Waals surface area contributed by atoms with E-state index in [1.165, 1.54) is 56.0 Å². The molecule has 0 spiro atoms. The van der Waals surface area contributed by atoms with Crippen molar-refractivity contribution in [3.63, 3.8) is 0 Å². The first-order valence-electron chi connectivity index (χ1n) is 39.3. The second-order valence-electron chi connectivity index (χ2n) is 35.1. The van der Waals surface area contributed by atoms with Gasteiger partial charge in [-0.1, -0.05) is 95.6 Å². The minimum atomic E-state index is -5.27. The summed E-state index contributed by atoms with van der Waals surface area (Å²) in [6, 6.07) is 38.3. The molecule has 1 aliphatic heterocycles. The van der Waals surface area contributed by atoms with Crippen LogP contribution in [0.5, 0.6) is 11.5 Å². The van der Waals surface area contributed by atoms with Crippen molar-refractivity contribution in [1.82, 2.24) is 0 Å². The maximum atomic E-state index is 13.3. The lowest BCUT2D eigenvalue weighted by molar-refractivity contribution is -0.789. The Balaban J connectivity index is 0.000000222. The molecule has 30 heteroatoms. The molecule has 19 nitrogen and oxygen atoms in total. The normalized spacial score (nSPS) is 21.1. The van der Waals surface area contributed by atoms with Crippen molar-refractivity contribution in [3.8, 4) is 16.4 Å². The minimum Gasteiger partial charge on any atom is -0.748 e. The van der Waals surface area contributed by atoms with Gasteiger partial charge in [-0.05, 0) is 289 Å². The maximum absolute atomic E-state index is 13.3. The van der Waals surface area contributed by atoms with Crippen LogP contribution in [0, 0.1) is 40.6 Å². The molecule has 5 saturated carbocycles. The van der Waals surface area contributed by atoms with Gasteiger partial charge in [-0.25, -0.2) is 21.6 Å². The highest BCUT2D eigenvalue weighted by Gasteiger charge is 2.64. The van der Waals surface area contributed by atoms with Crippen molar-refractivity contribution >= 4 is 126 Å². The van der Waals surface area contributed by atoms with Gasteiger partial charge in [0, 0.05) is 44.1 Å². The standard InChI is InChI=1S/C20H29F3O7S.C18H13S.C15H29NO2.C13H24O2.C10H7F3I2O6S.C10H14O/c1-4-17(2,3)15(24)30-19-8-12-5-13(9-19)7-18(6-12,11-19)16(25)29-14(20(21,22)23)10-31(26,27)28;1-2-8-14(9-3-1)19-17-12-6-4-10-15(17)16-11-5-7-13-18(16)19;1-8-13(2,3)12(17)18-11-9-14(4,5)16-15(6,7)10-11;1-5-12(2,3)11(14)15-13(4)9-7-6-8-10-13;11-10(12,13)7(3-22(18,19)20)21-9(17)5-1-4(14)2-6(15)8(5)16;1-3-8(2)9-4-6-10(11)7-5-9/h12-14H,4-11H2,1-3H3,(H,26,27,28);1-13H;11,16H,8-10H2,1-7H3;5-10H2,1-4H3;1-2,7,16H,3H2,(H,18,19,20);4-8,11H,3H2,1-2H3/q;+1;;;;/p-1. The Morgan fingerprint density at radius 2 is 1.03 bits per heavy atom. The number of nitrogens with two attached hydrogens (primary N) is 1. The predicted molar refractivity (Wildman–Crippen MR) is 451 cm³/mol. The molecule has 116 heavy (non-hydrogen) atoms. The summed E-state index contributed by atoms with van der Waals surface area (Å²) in [5.74, 6) is -6.71. The van der Waals surface area contributed by atoms with Crippen LogP contribution >= 0.6 is 55.7 Å². The Hall–Kier alpha value is -5.91. The number of esters is 5. The summed E-state index contributed by atoms with van der Waals surface area (Å²) in [5, 5.41) is 23.9. The van der Waals surface area contributed by atoms with Crippen LogP contribution in [0.15, 0.2) is 115 Å². The number of carbonyl (C=O) groups is 5. The van der Waals surface area contributed by atoms with Crippen molar-refractivity contribution in [2.45, 2.75) is 279 Å². The number of phenols is 2. The SMILES string of the molecule is CCC(C)(C)C(=O)OC1(C)CCCCC1.CCC(C)(C)C(=O)OC12CC3CC(C1)CC(C(=O)OC(CS(=O)(=O)[O-])C(F)(F)F)(C3)C2.CCC(C)(C)C(=O)OC1CC(C)(C)[NH2+]C(C)(C)C1.CCC(C)c1ccc(O)cc1.O=C(OC(CS(=O)(=O)[O-])C(F)(F)F)c1cc(I)cc(I)c1O.c1ccc(-[s+]2c3ccccc3c3ccccc32)cc1. The van der Waals surface area contributed by atoms with Gasteiger partial charge in [-0.3, -0.25) is 19.2 Å². The highest BCUT2D eigenvalue weighted by molar-refractivity contribution is 14.1. The van der Waals surface area contributed by atoms with Crippen LogP contribution in [0.4, 0.5) is 26.3 Å². The van der Waals surface area contributed by atoms with E-state index in [-0.39, 0.29) is 77.8 Å². The number of hydrogen-bond acceptors (Lipinski definition) is 18. The van der Waals surface area contributed by atoms with Gasteiger partial charge in [-0.15, -0.1) is 0 Å². The van der Waals surface area contributed by atoms with Crippen molar-refractivity contribution in [2.24, 2.45) is 33.5 Å². The molecule has 6 aromatic rings. The third-order valence-electron chi connectivity index (χ3n) is 22.6. The van der Waals surface area contributed by atoms with Gasteiger partial charge in [0.2, 0.25) is 12.2 Å². The largest absolute Gasteiger partial charge is 0.748 e. The van der Waals surface area contributed by atoms with E-state index < -0.39 is 102 Å². The summed E-state index contributed by atoms with van der Waals surface area (Å²) >= 11 is 3.41. The van der Waals surface area contributed by atoms with E-state index in [0.717, 1.165) is 57.4 Å². The highest BCUT2D eigenvalue weighted by Crippen LogP contribution is 2.64. The van der Waals surface area contributed by atoms with Crippen molar-refractivity contribution in [1.29, 1.82) is 0 Å². The minimum absolute atomic E-state index is 0.00100. The smallest absolute Gasteiger partial charge is 0.426 e. The first-order chi connectivity index (χ1) is 53.4. The Morgan fingerprint density at radius 3 is 1.47 bits per heavy atom. The molecule has 1 saturated heterocycles. The van der Waals surface area contributed by atoms with Crippen molar-refractivity contribution in [3.05, 3.63) is 134 Å². The fourth-order valence-electron chi connectivity index (χ4n) is 15.5. The first-order valence-corrected chi connectivity index (χ1v) is 45.8. The number of carbonyl (C=O) groups excluding carboxylic acids is 5. The van der Waals surface area contributed by atoms with Crippen molar-refractivity contribution < 1.29 is 115 Å². The zero-order valence-corrected chi connectivity index (χ0v) is 75.9. The van der Waals surface area contributed by atoms with Crippen LogP contribution in [-0.2, 0) is 63.1 Å². The van der Waals surface area contributed by atoms with Gasteiger partial charge in [0.25, 0.3) is 0 Å². The van der Waals surface area contributed by atoms with Crippen LogP contribution in [0.1, 0.15) is 242 Å². The predicted octanol–water partition coefficient (Wildman–Crippen LogP) is 20.1. The quantitative estimate of drug-likeness (QED) is 0.0160. The Kier molecular flexibility index (Phi) is 33.9. The lowest BCUT2D eigenvalue weighted by Crippen LogP contribution is -3.06. The number of ether oxygens (including phenoxy) is 5. The lowest BCUT2D eigenvalue weighted by Gasteiger charge is -2.60. The van der Waals surface area contributed by atoms with Crippen LogP contribution in [0.2, 0.25) is 0 Å². The Labute approximate surface area is 709 Å². The summed E-state index contributed by atoms with van der Waals surface area (Å²) < 4.78 is 171. The molecule has 5 aliphatic carbocycles. The number of hydrogen-bond donors (Lipinski definition) is 3. The third-order valence-corrected chi connectivity index (χ3v) is 27.8. The molecule has 646 valence electrons. The maximum Gasteiger partial charge on any atom is 0.426 e. The summed E-state index contributed by atoms with van der Waals surface area (Å²) in [6.07, 6.45) is -3.06. The Morgan fingerprint density at radius 1 is 0.586 bits per heavy atom. The summed E-state index contributed by atoms with van der Waals surface area (Å²) in [7, 11) is -10.5. The van der Waals surface area contributed by atoms with Gasteiger partial charge in [0.05, 0.1) is 68.0 Å². The number of halogens is 8. The van der Waals surface area contributed by atoms with Crippen LogP contribution in [0.3, 0.4) is 0 Å². The fourth-order valence-corrected chi connectivity index (χ4v) is 21.0. The van der Waals surface area contributed by atoms with E-state index in [2.05, 4.69) is 142 Å². The molecule has 4 N–H and O–H groups in total. The molecule has 0 radical (unpaired) electrons. The molecular weight excluding hydrogens is 1800 g/mol. The molecule has 5 atom stereocenters. The van der Waals surface area contributed by atoms with Crippen LogP contribution in [-0.4, -0.2) is 130 Å². The van der Waals surface area contributed by atoms with Gasteiger partial charge >= 0.3 is 42.2 Å². The summed E-state index contributed by atoms with van der Waals surface area (Å²) in [5.41, 5.74) is -2.83. The van der Waals surface area contributed by atoms with E-state index in [1.807, 2.05) is 60.6 Å². The third kappa shape index (κ3) is 28.4. The van der Waals surface area contributed by atoms with Gasteiger partial charge in [0.15, 0.2) is 14.3 Å². The number of rotatable bonds is 20. The average molecular weight is 1910 g/mol. The number of piperidine rings is 1. The molecule has 5 unspecified atom stereocenters. The molecule has 1 aromatic heterocycles. The zero-order valence-electron chi connectivity index (χ0n) is 69.1. The molecule has 5 aromatic carbocycles. The topological polar surface area (TPSA) is 303 Å². The Bertz CT molecular complexity index is 4500. The summed E-state index contributed by atoms with van der Waals surface area (Å²) in [6.45, 7) is 32.6. The van der Waals surface area contributed by atoms with Crippen LogP contribution < -0.4 is 5.32 Å². The molecule has 0 amide bonds.